The highest BCUT2D eigenvalue weighted by molar-refractivity contribution is 7.88. The number of ether oxygens (including phenoxy) is 2. The van der Waals surface area contributed by atoms with Crippen LogP contribution in [0, 0.1) is 5.92 Å². The van der Waals surface area contributed by atoms with Crippen LogP contribution in [0.1, 0.15) is 13.8 Å². The van der Waals surface area contributed by atoms with Crippen molar-refractivity contribution in [3.63, 3.8) is 0 Å². The highest BCUT2D eigenvalue weighted by atomic mass is 32.2. The van der Waals surface area contributed by atoms with Crippen molar-refractivity contribution in [3.8, 4) is 11.5 Å². The average Bonchev–Trinajstić information content (AvgIpc) is 2.45. The van der Waals surface area contributed by atoms with Crippen LogP contribution in [0.4, 0.5) is 5.69 Å². The van der Waals surface area contributed by atoms with E-state index in [4.69, 9.17) is 9.47 Å². The first-order chi connectivity index (χ1) is 10.8. The Labute approximate surface area is 136 Å². The molecule has 0 atom stereocenters. The van der Waals surface area contributed by atoms with Crippen LogP contribution in [-0.4, -0.2) is 51.2 Å². The average molecular weight is 342 g/mol. The van der Waals surface area contributed by atoms with Crippen LogP contribution in [0.15, 0.2) is 18.2 Å². The van der Waals surface area contributed by atoms with Crippen LogP contribution in [0.2, 0.25) is 0 Å². The third-order valence-corrected chi connectivity index (χ3v) is 4.40. The van der Waals surface area contributed by atoms with Crippen LogP contribution in [0.5, 0.6) is 11.5 Å². The summed E-state index contributed by atoms with van der Waals surface area (Å²) in [4.78, 5) is 12.1. The highest BCUT2D eigenvalue weighted by Gasteiger charge is 2.21. The van der Waals surface area contributed by atoms with Crippen molar-refractivity contribution in [1.82, 2.24) is 4.31 Å². The number of amides is 1. The molecule has 1 aliphatic rings. The van der Waals surface area contributed by atoms with Crippen LogP contribution in [0.25, 0.3) is 0 Å². The normalized spacial score (nSPS) is 14.1. The van der Waals surface area contributed by atoms with Gasteiger partial charge in [0.2, 0.25) is 15.9 Å². The second-order valence-electron chi connectivity index (χ2n) is 5.86. The summed E-state index contributed by atoms with van der Waals surface area (Å²) in [5.41, 5.74) is 0.539. The monoisotopic (exact) mass is 342 g/mol. The van der Waals surface area contributed by atoms with Crippen molar-refractivity contribution < 1.29 is 22.7 Å². The minimum Gasteiger partial charge on any atom is -0.486 e. The number of fused-ring (bicyclic) bond motifs is 1. The molecule has 1 aromatic carbocycles. The van der Waals surface area contributed by atoms with Gasteiger partial charge in [-0.2, -0.15) is 4.31 Å². The second kappa shape index (κ2) is 7.18. The van der Waals surface area contributed by atoms with Gasteiger partial charge in [-0.25, -0.2) is 8.42 Å². The Morgan fingerprint density at radius 3 is 2.52 bits per heavy atom. The molecular formula is C15H22N2O5S. The Morgan fingerprint density at radius 1 is 1.26 bits per heavy atom. The molecule has 1 aromatic rings. The van der Waals surface area contributed by atoms with Gasteiger partial charge in [0.25, 0.3) is 0 Å². The first-order valence-corrected chi connectivity index (χ1v) is 9.25. The number of hydrogen-bond acceptors (Lipinski definition) is 5. The molecule has 7 nitrogen and oxygen atoms in total. The zero-order valence-corrected chi connectivity index (χ0v) is 14.4. The fourth-order valence-corrected chi connectivity index (χ4v) is 3.13. The van der Waals surface area contributed by atoms with E-state index in [9.17, 15) is 13.2 Å². The number of nitrogens with one attached hydrogen (secondary N) is 1. The summed E-state index contributed by atoms with van der Waals surface area (Å²) < 4.78 is 35.5. The van der Waals surface area contributed by atoms with Crippen LogP contribution in [0.3, 0.4) is 0 Å². The van der Waals surface area contributed by atoms with E-state index in [-0.39, 0.29) is 12.5 Å². The van der Waals surface area contributed by atoms with E-state index in [1.807, 2.05) is 13.8 Å². The standard InChI is InChI=1S/C15H22N2O5S/c1-11(2)9-17(23(3,19)20)10-15(18)16-12-4-5-13-14(8-12)22-7-6-21-13/h4-5,8,11H,6-7,9-10H2,1-3H3,(H,16,18). The molecule has 8 heteroatoms. The van der Waals surface area contributed by atoms with E-state index in [1.54, 1.807) is 18.2 Å². The summed E-state index contributed by atoms with van der Waals surface area (Å²) >= 11 is 0. The molecule has 1 heterocycles. The summed E-state index contributed by atoms with van der Waals surface area (Å²) in [6, 6.07) is 5.07. The summed E-state index contributed by atoms with van der Waals surface area (Å²) in [6.07, 6.45) is 1.10. The Balaban J connectivity index is 2.03. The SMILES string of the molecule is CC(C)CN(CC(=O)Nc1ccc2c(c1)OCCO2)S(C)(=O)=O. The summed E-state index contributed by atoms with van der Waals surface area (Å²) in [7, 11) is -3.43. The summed E-state index contributed by atoms with van der Waals surface area (Å²) in [6.45, 7) is 4.84. The molecule has 1 N–H and O–H groups in total. The van der Waals surface area contributed by atoms with Gasteiger partial charge in [0.1, 0.15) is 13.2 Å². The van der Waals surface area contributed by atoms with Crippen molar-refractivity contribution in [2.45, 2.75) is 13.8 Å². The Morgan fingerprint density at radius 2 is 1.91 bits per heavy atom. The van der Waals surface area contributed by atoms with E-state index in [0.717, 1.165) is 6.26 Å². The molecule has 0 fully saturated rings. The number of hydrogen-bond donors (Lipinski definition) is 1. The molecular weight excluding hydrogens is 320 g/mol. The number of nitrogens with zero attached hydrogens (tertiary/aromatic N) is 1. The molecule has 1 aliphatic heterocycles. The van der Waals surface area contributed by atoms with E-state index in [1.165, 1.54) is 4.31 Å². The topological polar surface area (TPSA) is 84.9 Å². The fraction of sp³-hybridized carbons (Fsp3) is 0.533. The predicted octanol–water partition coefficient (Wildman–Crippen LogP) is 1.31. The third kappa shape index (κ3) is 5.11. The molecule has 0 aliphatic carbocycles. The van der Waals surface area contributed by atoms with Crippen molar-refractivity contribution in [2.24, 2.45) is 5.92 Å². The van der Waals surface area contributed by atoms with Gasteiger partial charge in [-0.3, -0.25) is 4.79 Å². The van der Waals surface area contributed by atoms with Crippen LogP contribution >= 0.6 is 0 Å². The van der Waals surface area contributed by atoms with Gasteiger partial charge in [0.15, 0.2) is 11.5 Å². The summed E-state index contributed by atoms with van der Waals surface area (Å²) in [5.74, 6) is 0.933. The highest BCUT2D eigenvalue weighted by Crippen LogP contribution is 2.32. The van der Waals surface area contributed by atoms with Crippen molar-refractivity contribution in [1.29, 1.82) is 0 Å². The molecule has 0 saturated heterocycles. The maximum atomic E-state index is 12.1. The lowest BCUT2D eigenvalue weighted by atomic mass is 10.2. The van der Waals surface area contributed by atoms with Gasteiger partial charge >= 0.3 is 0 Å². The quantitative estimate of drug-likeness (QED) is 0.843. The number of carbonyl (C=O) groups excluding carboxylic acids is 1. The van der Waals surface area contributed by atoms with Crippen molar-refractivity contribution in [3.05, 3.63) is 18.2 Å². The first-order valence-electron chi connectivity index (χ1n) is 7.40. The largest absolute Gasteiger partial charge is 0.486 e. The van der Waals surface area contributed by atoms with E-state index < -0.39 is 15.9 Å². The molecule has 0 unspecified atom stereocenters. The third-order valence-electron chi connectivity index (χ3n) is 3.18. The minimum atomic E-state index is -3.43. The predicted molar refractivity (Wildman–Crippen MR) is 87.3 cm³/mol. The van der Waals surface area contributed by atoms with Crippen LogP contribution in [-0.2, 0) is 14.8 Å². The lowest BCUT2D eigenvalue weighted by Crippen LogP contribution is -2.39. The van der Waals surface area contributed by atoms with Crippen molar-refractivity contribution >= 4 is 21.6 Å². The molecule has 0 bridgehead atoms. The maximum absolute atomic E-state index is 12.1. The molecule has 2 rings (SSSR count). The zero-order valence-electron chi connectivity index (χ0n) is 13.5. The van der Waals surface area contributed by atoms with E-state index in [2.05, 4.69) is 5.32 Å². The Kier molecular flexibility index (Phi) is 5.48. The van der Waals surface area contributed by atoms with Gasteiger partial charge in [-0.1, -0.05) is 13.8 Å². The smallest absolute Gasteiger partial charge is 0.239 e. The molecule has 0 radical (unpaired) electrons. The van der Waals surface area contributed by atoms with Gasteiger partial charge in [0, 0.05) is 18.3 Å². The number of sulfonamides is 1. The summed E-state index contributed by atoms with van der Waals surface area (Å²) in [5, 5.41) is 2.69. The fourth-order valence-electron chi connectivity index (χ4n) is 2.21. The Hall–Kier alpha value is -1.80. The minimum absolute atomic E-state index is 0.131. The van der Waals surface area contributed by atoms with Gasteiger partial charge < -0.3 is 14.8 Å². The van der Waals surface area contributed by atoms with Crippen molar-refractivity contribution in [2.75, 3.05) is 37.9 Å². The number of rotatable bonds is 6. The molecule has 128 valence electrons. The van der Waals surface area contributed by atoms with Gasteiger partial charge in [-0.05, 0) is 18.1 Å². The first kappa shape index (κ1) is 17.6. The molecule has 0 saturated carbocycles. The zero-order chi connectivity index (χ0) is 17.0. The number of carbonyl (C=O) groups is 1. The molecule has 0 aromatic heterocycles. The maximum Gasteiger partial charge on any atom is 0.239 e. The molecule has 1 amide bonds. The second-order valence-corrected chi connectivity index (χ2v) is 7.84. The van der Waals surface area contributed by atoms with E-state index >= 15 is 0 Å². The van der Waals surface area contributed by atoms with Crippen LogP contribution < -0.4 is 14.8 Å². The lowest BCUT2D eigenvalue weighted by molar-refractivity contribution is -0.116. The van der Waals surface area contributed by atoms with Gasteiger partial charge in [-0.15, -0.1) is 0 Å². The number of benzene rings is 1. The van der Waals surface area contributed by atoms with Gasteiger partial charge in [0.05, 0.1) is 12.8 Å². The molecule has 23 heavy (non-hydrogen) atoms. The Bertz CT molecular complexity index is 672. The number of anilines is 1. The van der Waals surface area contributed by atoms with E-state index in [0.29, 0.717) is 36.9 Å². The molecule has 0 spiro atoms. The lowest BCUT2D eigenvalue weighted by Gasteiger charge is -2.22.